The van der Waals surface area contributed by atoms with E-state index >= 15 is 0 Å². The predicted molar refractivity (Wildman–Crippen MR) is 95.6 cm³/mol. The third-order valence-corrected chi connectivity index (χ3v) is 6.10. The standard InChI is InChI=1S/C20H20N2S/c21-19-22-17-11-13-20(14-12-18(17)23-19,15-7-3-1-4-8-15)16-9-5-2-6-10-16/h1-10H,11-14H2,(H2,21,22)/p+1. The van der Waals surface area contributed by atoms with Gasteiger partial charge in [0.15, 0.2) is 0 Å². The minimum atomic E-state index is 0.0872. The number of fused-ring (bicyclic) bond motifs is 1. The highest BCUT2D eigenvalue weighted by Crippen LogP contribution is 2.43. The lowest BCUT2D eigenvalue weighted by atomic mass is 9.69. The van der Waals surface area contributed by atoms with Crippen molar-refractivity contribution in [3.05, 3.63) is 82.4 Å². The average molecular weight is 321 g/mol. The van der Waals surface area contributed by atoms with Gasteiger partial charge in [-0.1, -0.05) is 72.0 Å². The molecule has 0 atom stereocenters. The van der Waals surface area contributed by atoms with E-state index in [0.717, 1.165) is 30.8 Å². The minimum Gasteiger partial charge on any atom is -0.278 e. The van der Waals surface area contributed by atoms with Crippen molar-refractivity contribution in [3.8, 4) is 0 Å². The molecule has 3 heteroatoms. The topological polar surface area (TPSA) is 40.2 Å². The molecule has 116 valence electrons. The van der Waals surface area contributed by atoms with Gasteiger partial charge in [-0.15, -0.1) is 0 Å². The third-order valence-electron chi connectivity index (χ3n) is 5.08. The van der Waals surface area contributed by atoms with Crippen molar-refractivity contribution >= 4 is 16.5 Å². The summed E-state index contributed by atoms with van der Waals surface area (Å²) < 4.78 is 0. The number of aromatic nitrogens is 1. The van der Waals surface area contributed by atoms with Crippen molar-refractivity contribution < 1.29 is 4.98 Å². The van der Waals surface area contributed by atoms with E-state index in [0.29, 0.717) is 0 Å². The number of anilines is 1. The van der Waals surface area contributed by atoms with Gasteiger partial charge < -0.3 is 0 Å². The van der Waals surface area contributed by atoms with E-state index in [1.165, 1.54) is 21.7 Å². The molecule has 0 fully saturated rings. The van der Waals surface area contributed by atoms with E-state index in [9.17, 15) is 0 Å². The first-order valence-corrected chi connectivity index (χ1v) is 9.00. The number of rotatable bonds is 2. The van der Waals surface area contributed by atoms with Crippen molar-refractivity contribution in [2.24, 2.45) is 0 Å². The quantitative estimate of drug-likeness (QED) is 0.712. The molecule has 4 rings (SSSR count). The Morgan fingerprint density at radius 3 is 2.00 bits per heavy atom. The van der Waals surface area contributed by atoms with Gasteiger partial charge in [0.1, 0.15) is 5.69 Å². The molecule has 0 amide bonds. The van der Waals surface area contributed by atoms with Crippen LogP contribution < -0.4 is 10.7 Å². The van der Waals surface area contributed by atoms with Crippen LogP contribution in [0.3, 0.4) is 0 Å². The van der Waals surface area contributed by atoms with Crippen molar-refractivity contribution in [3.63, 3.8) is 0 Å². The molecule has 0 aliphatic heterocycles. The number of nitrogen functional groups attached to an aromatic ring is 1. The molecule has 0 spiro atoms. The molecule has 0 saturated heterocycles. The van der Waals surface area contributed by atoms with Gasteiger partial charge in [0.05, 0.1) is 4.88 Å². The highest BCUT2D eigenvalue weighted by Gasteiger charge is 2.37. The van der Waals surface area contributed by atoms with Crippen molar-refractivity contribution in [1.82, 2.24) is 0 Å². The summed E-state index contributed by atoms with van der Waals surface area (Å²) in [6.45, 7) is 0. The second-order valence-electron chi connectivity index (χ2n) is 6.31. The van der Waals surface area contributed by atoms with Crippen LogP contribution in [0.1, 0.15) is 34.5 Å². The van der Waals surface area contributed by atoms with Crippen LogP contribution >= 0.6 is 11.3 Å². The Bertz CT molecular complexity index is 726. The van der Waals surface area contributed by atoms with Crippen LogP contribution in [0, 0.1) is 0 Å². The van der Waals surface area contributed by atoms with Crippen LogP contribution in [0.4, 0.5) is 5.13 Å². The van der Waals surface area contributed by atoms with E-state index in [4.69, 9.17) is 5.73 Å². The summed E-state index contributed by atoms with van der Waals surface area (Å²) in [5.74, 6) is 0. The van der Waals surface area contributed by atoms with E-state index in [1.54, 1.807) is 11.3 Å². The Kier molecular flexibility index (Phi) is 3.66. The molecule has 0 radical (unpaired) electrons. The predicted octanol–water partition coefficient (Wildman–Crippen LogP) is 4.01. The number of aryl methyl sites for hydroxylation is 2. The number of hydrogen-bond acceptors (Lipinski definition) is 2. The summed E-state index contributed by atoms with van der Waals surface area (Å²) in [5.41, 5.74) is 10.2. The monoisotopic (exact) mass is 321 g/mol. The number of nitrogens with two attached hydrogens (primary N) is 1. The van der Waals surface area contributed by atoms with Crippen molar-refractivity contribution in [2.75, 3.05) is 5.73 Å². The summed E-state index contributed by atoms with van der Waals surface area (Å²) in [4.78, 5) is 4.80. The molecular weight excluding hydrogens is 300 g/mol. The molecule has 0 bridgehead atoms. The SMILES string of the molecule is Nc1[nH+]c2c(s1)CCC(c1ccccc1)(c1ccccc1)CC2. The van der Waals surface area contributed by atoms with Gasteiger partial charge in [-0.25, -0.2) is 4.98 Å². The Hall–Kier alpha value is -2.13. The summed E-state index contributed by atoms with van der Waals surface area (Å²) in [6.07, 6.45) is 4.37. The normalized spacial score (nSPS) is 16.5. The fourth-order valence-electron chi connectivity index (χ4n) is 3.89. The van der Waals surface area contributed by atoms with Crippen molar-refractivity contribution in [1.29, 1.82) is 0 Å². The summed E-state index contributed by atoms with van der Waals surface area (Å²) in [6, 6.07) is 22.0. The molecule has 2 nitrogen and oxygen atoms in total. The first-order valence-electron chi connectivity index (χ1n) is 8.18. The first-order chi connectivity index (χ1) is 11.3. The maximum atomic E-state index is 5.96. The summed E-state index contributed by atoms with van der Waals surface area (Å²) >= 11 is 1.72. The first kappa shape index (κ1) is 14.5. The Labute approximate surface area is 141 Å². The van der Waals surface area contributed by atoms with Crippen LogP contribution in [0.2, 0.25) is 0 Å². The van der Waals surface area contributed by atoms with Crippen LogP contribution in [-0.4, -0.2) is 0 Å². The number of hydrogen-bond donors (Lipinski definition) is 1. The molecule has 3 aromatic rings. The molecule has 1 heterocycles. The maximum absolute atomic E-state index is 5.96. The molecule has 23 heavy (non-hydrogen) atoms. The number of nitrogens with one attached hydrogen (secondary N) is 1. The largest absolute Gasteiger partial charge is 0.329 e. The fourth-order valence-corrected chi connectivity index (χ4v) is 4.81. The van der Waals surface area contributed by atoms with Gasteiger partial charge in [0, 0.05) is 11.8 Å². The lowest BCUT2D eigenvalue weighted by Crippen LogP contribution is -2.28. The van der Waals surface area contributed by atoms with Gasteiger partial charge >= 0.3 is 5.13 Å². The average Bonchev–Trinajstić information content (AvgIpc) is 2.87. The number of thiazole rings is 1. The molecule has 1 aliphatic rings. The Morgan fingerprint density at radius 1 is 0.826 bits per heavy atom. The van der Waals surface area contributed by atoms with Crippen molar-refractivity contribution in [2.45, 2.75) is 31.1 Å². The fraction of sp³-hybridized carbons (Fsp3) is 0.250. The number of benzene rings is 2. The number of H-pyrrole nitrogens is 1. The van der Waals surface area contributed by atoms with Gasteiger partial charge in [-0.3, -0.25) is 5.73 Å². The van der Waals surface area contributed by atoms with Gasteiger partial charge in [0.2, 0.25) is 0 Å². The third kappa shape index (κ3) is 2.55. The smallest absolute Gasteiger partial charge is 0.278 e. The molecule has 2 aromatic carbocycles. The second kappa shape index (κ2) is 5.82. The highest BCUT2D eigenvalue weighted by atomic mass is 32.1. The van der Waals surface area contributed by atoms with E-state index < -0.39 is 0 Å². The minimum absolute atomic E-state index is 0.0872. The zero-order chi connectivity index (χ0) is 15.7. The van der Waals surface area contributed by atoms with E-state index in [1.807, 2.05) is 0 Å². The molecular formula is C20H21N2S+. The van der Waals surface area contributed by atoms with E-state index in [2.05, 4.69) is 65.6 Å². The lowest BCUT2D eigenvalue weighted by Gasteiger charge is -2.34. The molecule has 3 N–H and O–H groups in total. The van der Waals surface area contributed by atoms with Gasteiger partial charge in [0.25, 0.3) is 0 Å². The zero-order valence-electron chi connectivity index (χ0n) is 13.1. The van der Waals surface area contributed by atoms with Crippen LogP contribution in [0.15, 0.2) is 60.7 Å². The molecule has 1 aliphatic carbocycles. The summed E-state index contributed by atoms with van der Waals surface area (Å²) in [5, 5.41) is 0.835. The van der Waals surface area contributed by atoms with Crippen LogP contribution in [-0.2, 0) is 18.3 Å². The maximum Gasteiger partial charge on any atom is 0.329 e. The molecule has 0 saturated carbocycles. The second-order valence-corrected chi connectivity index (χ2v) is 7.44. The van der Waals surface area contributed by atoms with E-state index in [-0.39, 0.29) is 5.41 Å². The van der Waals surface area contributed by atoms with Crippen LogP contribution in [0.5, 0.6) is 0 Å². The Balaban J connectivity index is 1.80. The highest BCUT2D eigenvalue weighted by molar-refractivity contribution is 7.15. The number of aromatic amines is 1. The summed E-state index contributed by atoms with van der Waals surface area (Å²) in [7, 11) is 0. The van der Waals surface area contributed by atoms with Gasteiger partial charge in [-0.05, 0) is 30.4 Å². The lowest BCUT2D eigenvalue weighted by molar-refractivity contribution is -0.367. The zero-order valence-corrected chi connectivity index (χ0v) is 13.9. The molecule has 0 unspecified atom stereocenters. The van der Waals surface area contributed by atoms with Crippen LogP contribution in [0.25, 0.3) is 0 Å². The Morgan fingerprint density at radius 2 is 1.39 bits per heavy atom. The molecule has 1 aromatic heterocycles. The van der Waals surface area contributed by atoms with Gasteiger partial charge in [-0.2, -0.15) is 0 Å².